The quantitative estimate of drug-likeness (QED) is 0.478. The lowest BCUT2D eigenvalue weighted by Crippen LogP contribution is -2.43. The molecule has 0 atom stereocenters. The third kappa shape index (κ3) is 4.97. The van der Waals surface area contributed by atoms with Crippen LogP contribution in [0.3, 0.4) is 0 Å². The highest BCUT2D eigenvalue weighted by atomic mass is 16.5. The van der Waals surface area contributed by atoms with Crippen LogP contribution in [0, 0.1) is 0 Å². The third-order valence-corrected chi connectivity index (χ3v) is 2.15. The monoisotopic (exact) mass is 250 g/mol. The second kappa shape index (κ2) is 6.16. The number of nitrogens with one attached hydrogen (secondary N) is 1. The van der Waals surface area contributed by atoms with Crippen LogP contribution in [0.2, 0.25) is 0 Å². The van der Waals surface area contributed by atoms with E-state index in [9.17, 15) is 4.79 Å². The highest BCUT2D eigenvalue weighted by Crippen LogP contribution is 2.14. The van der Waals surface area contributed by atoms with E-state index in [1.54, 1.807) is 13.3 Å². The Morgan fingerprint density at radius 1 is 1.39 bits per heavy atom. The predicted molar refractivity (Wildman–Crippen MR) is 71.6 cm³/mol. The number of carbonyl (C=O) groups is 1. The number of ether oxygens (including phenoxy) is 1. The summed E-state index contributed by atoms with van der Waals surface area (Å²) in [6.45, 7) is 0.378. The molecule has 0 heterocycles. The minimum Gasteiger partial charge on any atom is -0.496 e. The van der Waals surface area contributed by atoms with Gasteiger partial charge in [-0.2, -0.15) is 5.10 Å². The minimum absolute atomic E-state index is 0.117. The molecule has 1 rings (SSSR count). The first kappa shape index (κ1) is 14.2. The van der Waals surface area contributed by atoms with E-state index in [0.29, 0.717) is 11.0 Å². The molecule has 98 valence electrons. The zero-order valence-corrected chi connectivity index (χ0v) is 11.3. The first-order chi connectivity index (χ1) is 8.42. The van der Waals surface area contributed by atoms with Gasteiger partial charge in [-0.15, -0.1) is 0 Å². The molecule has 1 N–H and O–H groups in total. The van der Waals surface area contributed by atoms with Crippen LogP contribution in [0.15, 0.2) is 29.4 Å². The van der Waals surface area contributed by atoms with E-state index >= 15 is 0 Å². The molecule has 1 aromatic rings. The van der Waals surface area contributed by atoms with E-state index in [4.69, 9.17) is 4.74 Å². The van der Waals surface area contributed by atoms with Crippen LogP contribution < -0.4 is 10.2 Å². The standard InChI is InChI=1S/C13H19N3O2/c1-16(2,3)10-13(17)15-14-9-11-7-5-6-8-12(11)18-4/h5-9H,10H2,1-4H3/p+1/b14-9+. The van der Waals surface area contributed by atoms with Gasteiger partial charge in [0, 0.05) is 5.56 Å². The predicted octanol–water partition coefficient (Wildman–Crippen LogP) is 0.851. The van der Waals surface area contributed by atoms with E-state index in [1.807, 2.05) is 45.4 Å². The molecule has 5 nitrogen and oxygen atoms in total. The summed E-state index contributed by atoms with van der Waals surface area (Å²) in [5.74, 6) is 0.607. The molecule has 0 spiro atoms. The molecule has 1 aromatic carbocycles. The van der Waals surface area contributed by atoms with Gasteiger partial charge in [-0.05, 0) is 12.1 Å². The van der Waals surface area contributed by atoms with Crippen LogP contribution in [-0.2, 0) is 4.79 Å². The average molecular weight is 250 g/mol. The molecule has 0 aliphatic rings. The first-order valence-electron chi connectivity index (χ1n) is 5.68. The van der Waals surface area contributed by atoms with Crippen LogP contribution in [0.25, 0.3) is 0 Å². The van der Waals surface area contributed by atoms with Crippen LogP contribution in [-0.4, -0.2) is 51.4 Å². The Balaban J connectivity index is 2.57. The SMILES string of the molecule is COc1ccccc1/C=N/NC(=O)C[N+](C)(C)C. The maximum Gasteiger partial charge on any atom is 0.295 e. The third-order valence-electron chi connectivity index (χ3n) is 2.15. The maximum absolute atomic E-state index is 11.5. The number of amides is 1. The molecule has 0 unspecified atom stereocenters. The van der Waals surface area contributed by atoms with Crippen LogP contribution in [0.5, 0.6) is 5.75 Å². The molecular weight excluding hydrogens is 230 g/mol. The molecule has 0 radical (unpaired) electrons. The Bertz CT molecular complexity index is 436. The highest BCUT2D eigenvalue weighted by molar-refractivity contribution is 5.85. The van der Waals surface area contributed by atoms with E-state index in [1.165, 1.54) is 0 Å². The van der Waals surface area contributed by atoms with Crippen molar-refractivity contribution in [3.63, 3.8) is 0 Å². The maximum atomic E-state index is 11.5. The number of para-hydroxylation sites is 1. The lowest BCUT2D eigenvalue weighted by atomic mass is 10.2. The summed E-state index contributed by atoms with van der Waals surface area (Å²) < 4.78 is 5.74. The van der Waals surface area contributed by atoms with Gasteiger partial charge in [0.05, 0.1) is 34.5 Å². The Hall–Kier alpha value is -1.88. The van der Waals surface area contributed by atoms with Gasteiger partial charge in [-0.3, -0.25) is 4.79 Å². The van der Waals surface area contributed by atoms with Gasteiger partial charge in [-0.25, -0.2) is 5.43 Å². The van der Waals surface area contributed by atoms with Crippen LogP contribution in [0.1, 0.15) is 5.56 Å². The first-order valence-corrected chi connectivity index (χ1v) is 5.68. The van der Waals surface area contributed by atoms with Crippen molar-refractivity contribution in [1.82, 2.24) is 5.43 Å². The summed E-state index contributed by atoms with van der Waals surface area (Å²) >= 11 is 0. The number of nitrogens with zero attached hydrogens (tertiary/aromatic N) is 2. The van der Waals surface area contributed by atoms with Crippen molar-refractivity contribution in [2.45, 2.75) is 0 Å². The lowest BCUT2D eigenvalue weighted by molar-refractivity contribution is -0.862. The van der Waals surface area contributed by atoms with E-state index in [-0.39, 0.29) is 5.91 Å². The lowest BCUT2D eigenvalue weighted by Gasteiger charge is -2.21. The molecule has 0 bridgehead atoms. The Morgan fingerprint density at radius 3 is 2.67 bits per heavy atom. The number of methoxy groups -OCH3 is 1. The van der Waals surface area contributed by atoms with E-state index < -0.39 is 0 Å². The van der Waals surface area contributed by atoms with Crippen molar-refractivity contribution in [2.24, 2.45) is 5.10 Å². The van der Waals surface area contributed by atoms with Gasteiger partial charge in [0.1, 0.15) is 5.75 Å². The fourth-order valence-corrected chi connectivity index (χ4v) is 1.41. The number of benzene rings is 1. The van der Waals surface area contributed by atoms with Crippen molar-refractivity contribution in [3.05, 3.63) is 29.8 Å². The van der Waals surface area contributed by atoms with Gasteiger partial charge in [-0.1, -0.05) is 12.1 Å². The Labute approximate surface area is 108 Å². The summed E-state index contributed by atoms with van der Waals surface area (Å²) in [5.41, 5.74) is 3.32. The van der Waals surface area contributed by atoms with Crippen molar-refractivity contribution >= 4 is 12.1 Å². The van der Waals surface area contributed by atoms with Crippen molar-refractivity contribution in [2.75, 3.05) is 34.8 Å². The number of quaternary nitrogens is 1. The molecule has 5 heteroatoms. The molecule has 0 saturated carbocycles. The van der Waals surface area contributed by atoms with Gasteiger partial charge < -0.3 is 9.22 Å². The minimum atomic E-state index is -0.117. The number of hydrogen-bond acceptors (Lipinski definition) is 3. The molecule has 18 heavy (non-hydrogen) atoms. The van der Waals surface area contributed by atoms with Crippen LogP contribution in [0.4, 0.5) is 0 Å². The summed E-state index contributed by atoms with van der Waals surface area (Å²) in [6, 6.07) is 7.48. The summed E-state index contributed by atoms with van der Waals surface area (Å²) in [5, 5.41) is 3.92. The van der Waals surface area contributed by atoms with Crippen LogP contribution >= 0.6 is 0 Å². The second-order valence-electron chi connectivity index (χ2n) is 4.98. The fraction of sp³-hybridized carbons (Fsp3) is 0.385. The number of rotatable bonds is 5. The zero-order chi connectivity index (χ0) is 13.6. The molecule has 0 fully saturated rings. The Morgan fingerprint density at radius 2 is 2.06 bits per heavy atom. The summed E-state index contributed by atoms with van der Waals surface area (Å²) in [4.78, 5) is 11.5. The topological polar surface area (TPSA) is 50.7 Å². The fourth-order valence-electron chi connectivity index (χ4n) is 1.41. The van der Waals surface area contributed by atoms with E-state index in [0.717, 1.165) is 11.3 Å². The van der Waals surface area contributed by atoms with Gasteiger partial charge >= 0.3 is 0 Å². The number of hydrogen-bond donors (Lipinski definition) is 1. The van der Waals surface area contributed by atoms with E-state index in [2.05, 4.69) is 10.5 Å². The molecule has 0 saturated heterocycles. The summed E-state index contributed by atoms with van der Waals surface area (Å²) in [6.07, 6.45) is 1.58. The smallest absolute Gasteiger partial charge is 0.295 e. The second-order valence-corrected chi connectivity index (χ2v) is 4.98. The average Bonchev–Trinajstić information content (AvgIpc) is 2.27. The largest absolute Gasteiger partial charge is 0.496 e. The molecule has 0 aliphatic carbocycles. The van der Waals surface area contributed by atoms with Crippen molar-refractivity contribution in [3.8, 4) is 5.75 Å². The van der Waals surface area contributed by atoms with Crippen molar-refractivity contribution in [1.29, 1.82) is 0 Å². The normalized spacial score (nSPS) is 11.6. The number of carbonyl (C=O) groups excluding carboxylic acids is 1. The zero-order valence-electron chi connectivity index (χ0n) is 11.3. The number of hydrazone groups is 1. The molecular formula is C13H20N3O2+. The number of likely N-dealkylation sites (N-methyl/N-ethyl adjacent to an activating group) is 1. The van der Waals surface area contributed by atoms with Gasteiger partial charge in [0.25, 0.3) is 5.91 Å². The molecule has 0 aromatic heterocycles. The van der Waals surface area contributed by atoms with Gasteiger partial charge in [0.15, 0.2) is 6.54 Å². The highest BCUT2D eigenvalue weighted by Gasteiger charge is 2.13. The molecule has 1 amide bonds. The Kier molecular flexibility index (Phi) is 4.85. The summed E-state index contributed by atoms with van der Waals surface area (Å²) in [7, 11) is 7.44. The molecule has 0 aliphatic heterocycles. The van der Waals surface area contributed by atoms with Crippen molar-refractivity contribution < 1.29 is 14.0 Å². The van der Waals surface area contributed by atoms with Gasteiger partial charge in [0.2, 0.25) is 0 Å².